The molecule has 3 aliphatic heterocycles. The van der Waals surface area contributed by atoms with Gasteiger partial charge in [0.15, 0.2) is 0 Å². The molecule has 0 radical (unpaired) electrons. The maximum atomic E-state index is 12.8. The van der Waals surface area contributed by atoms with E-state index in [9.17, 15) is 9.59 Å². The average Bonchev–Trinajstić information content (AvgIpc) is 3.01. The standard InChI is InChI=1S/C17H17NO3/c1-9-4-5-11(10(2)8-9)18-15(19)13-12-6-7-17(3,21-12)14(13)16(18)20/h4-8,12-14H,1-3H3/t12-,13+,14+,17-/m1/s1. The quantitative estimate of drug-likeness (QED) is 0.586. The minimum atomic E-state index is -0.630. The van der Waals surface area contributed by atoms with E-state index in [2.05, 4.69) is 0 Å². The van der Waals surface area contributed by atoms with E-state index in [1.54, 1.807) is 0 Å². The fraction of sp³-hybridized carbons (Fsp3) is 0.412. The van der Waals surface area contributed by atoms with Crippen molar-refractivity contribution in [3.8, 4) is 0 Å². The Morgan fingerprint density at radius 3 is 2.62 bits per heavy atom. The molecule has 2 fully saturated rings. The zero-order valence-corrected chi connectivity index (χ0v) is 12.3. The molecule has 2 bridgehead atoms. The summed E-state index contributed by atoms with van der Waals surface area (Å²) in [6, 6.07) is 5.79. The molecule has 1 aromatic carbocycles. The Labute approximate surface area is 123 Å². The molecule has 4 nitrogen and oxygen atoms in total. The van der Waals surface area contributed by atoms with Gasteiger partial charge in [0.1, 0.15) is 0 Å². The van der Waals surface area contributed by atoms with Crippen molar-refractivity contribution >= 4 is 17.5 Å². The number of hydrogen-bond acceptors (Lipinski definition) is 3. The van der Waals surface area contributed by atoms with Crippen LogP contribution in [0.4, 0.5) is 5.69 Å². The number of benzene rings is 1. The predicted octanol–water partition coefficient (Wildman–Crippen LogP) is 2.14. The second kappa shape index (κ2) is 3.83. The summed E-state index contributed by atoms with van der Waals surface area (Å²) in [5, 5.41) is 0. The number of imide groups is 1. The number of ether oxygens (including phenoxy) is 1. The summed E-state index contributed by atoms with van der Waals surface area (Å²) < 4.78 is 5.82. The van der Waals surface area contributed by atoms with E-state index in [1.165, 1.54) is 4.90 Å². The van der Waals surface area contributed by atoms with E-state index in [-0.39, 0.29) is 29.8 Å². The van der Waals surface area contributed by atoms with Gasteiger partial charge in [-0.25, -0.2) is 4.90 Å². The maximum Gasteiger partial charge on any atom is 0.241 e. The molecule has 0 aliphatic carbocycles. The fourth-order valence-corrected chi connectivity index (χ4v) is 3.95. The van der Waals surface area contributed by atoms with E-state index in [1.807, 2.05) is 51.1 Å². The third kappa shape index (κ3) is 1.48. The van der Waals surface area contributed by atoms with Crippen molar-refractivity contribution in [2.75, 3.05) is 4.90 Å². The highest BCUT2D eigenvalue weighted by Gasteiger charge is 2.66. The maximum absolute atomic E-state index is 12.8. The number of hydrogen-bond donors (Lipinski definition) is 0. The van der Waals surface area contributed by atoms with E-state index in [0.29, 0.717) is 5.69 Å². The molecule has 3 heterocycles. The molecule has 4 rings (SSSR count). The highest BCUT2D eigenvalue weighted by Crippen LogP contribution is 2.52. The highest BCUT2D eigenvalue weighted by atomic mass is 16.5. The number of fused-ring (bicyclic) bond motifs is 5. The van der Waals surface area contributed by atoms with Gasteiger partial charge in [-0.3, -0.25) is 9.59 Å². The number of carbonyl (C=O) groups excluding carboxylic acids is 2. The lowest BCUT2D eigenvalue weighted by atomic mass is 9.78. The van der Waals surface area contributed by atoms with Crippen LogP contribution >= 0.6 is 0 Å². The molecule has 21 heavy (non-hydrogen) atoms. The normalized spacial score (nSPS) is 36.7. The van der Waals surface area contributed by atoms with Crippen molar-refractivity contribution in [3.63, 3.8) is 0 Å². The van der Waals surface area contributed by atoms with Gasteiger partial charge in [-0.15, -0.1) is 0 Å². The summed E-state index contributed by atoms with van der Waals surface area (Å²) in [7, 11) is 0. The Bertz CT molecular complexity index is 708. The molecule has 2 amide bonds. The summed E-state index contributed by atoms with van der Waals surface area (Å²) >= 11 is 0. The molecule has 0 aromatic heterocycles. The third-order valence-corrected chi connectivity index (χ3v) is 4.92. The molecule has 0 spiro atoms. The van der Waals surface area contributed by atoms with Crippen LogP contribution in [0.15, 0.2) is 30.4 Å². The Kier molecular flexibility index (Phi) is 2.33. The fourth-order valence-electron chi connectivity index (χ4n) is 3.95. The monoisotopic (exact) mass is 283 g/mol. The molecule has 0 saturated carbocycles. The van der Waals surface area contributed by atoms with E-state index >= 15 is 0 Å². The van der Waals surface area contributed by atoms with Gasteiger partial charge in [-0.2, -0.15) is 0 Å². The summed E-state index contributed by atoms with van der Waals surface area (Å²) in [6.07, 6.45) is 3.58. The number of anilines is 1. The van der Waals surface area contributed by atoms with E-state index in [4.69, 9.17) is 4.74 Å². The molecule has 4 atom stereocenters. The van der Waals surface area contributed by atoms with Crippen LogP contribution < -0.4 is 4.90 Å². The zero-order chi connectivity index (χ0) is 14.9. The molecule has 1 aromatic rings. The van der Waals surface area contributed by atoms with Crippen molar-refractivity contribution in [2.45, 2.75) is 32.5 Å². The van der Waals surface area contributed by atoms with Gasteiger partial charge in [-0.1, -0.05) is 29.8 Å². The first-order valence-corrected chi connectivity index (χ1v) is 7.24. The van der Waals surface area contributed by atoms with Gasteiger partial charge in [0.2, 0.25) is 11.8 Å². The van der Waals surface area contributed by atoms with Crippen LogP contribution in [-0.4, -0.2) is 23.5 Å². The van der Waals surface area contributed by atoms with Gasteiger partial charge in [0.25, 0.3) is 0 Å². The first kappa shape index (κ1) is 12.8. The molecular formula is C17H17NO3. The molecular weight excluding hydrogens is 266 g/mol. The summed E-state index contributed by atoms with van der Waals surface area (Å²) in [5.74, 6) is -1.02. The lowest BCUT2D eigenvalue weighted by Gasteiger charge is -2.24. The van der Waals surface area contributed by atoms with Crippen LogP contribution in [0.2, 0.25) is 0 Å². The number of amides is 2. The van der Waals surface area contributed by atoms with Crippen molar-refractivity contribution < 1.29 is 14.3 Å². The van der Waals surface area contributed by atoms with Gasteiger partial charge in [0, 0.05) is 0 Å². The average molecular weight is 283 g/mol. The molecule has 3 aliphatic rings. The van der Waals surface area contributed by atoms with Gasteiger partial charge in [0.05, 0.1) is 29.2 Å². The Morgan fingerprint density at radius 1 is 1.19 bits per heavy atom. The summed E-state index contributed by atoms with van der Waals surface area (Å²) in [5.41, 5.74) is 2.14. The first-order chi connectivity index (χ1) is 9.92. The van der Waals surface area contributed by atoms with Gasteiger partial charge >= 0.3 is 0 Å². The first-order valence-electron chi connectivity index (χ1n) is 7.24. The Morgan fingerprint density at radius 2 is 1.95 bits per heavy atom. The minimum absolute atomic E-state index is 0.130. The van der Waals surface area contributed by atoms with Crippen molar-refractivity contribution in [3.05, 3.63) is 41.5 Å². The third-order valence-electron chi connectivity index (χ3n) is 4.92. The van der Waals surface area contributed by atoms with Crippen LogP contribution in [0.5, 0.6) is 0 Å². The topological polar surface area (TPSA) is 46.6 Å². The summed E-state index contributed by atoms with van der Waals surface area (Å²) in [6.45, 7) is 5.82. The molecule has 0 unspecified atom stereocenters. The van der Waals surface area contributed by atoms with Crippen LogP contribution in [0.25, 0.3) is 0 Å². The number of nitrogens with zero attached hydrogens (tertiary/aromatic N) is 1. The number of carbonyl (C=O) groups is 2. The smallest absolute Gasteiger partial charge is 0.241 e. The second-order valence-corrected chi connectivity index (χ2v) is 6.43. The molecule has 108 valence electrons. The van der Waals surface area contributed by atoms with Crippen LogP contribution in [0.3, 0.4) is 0 Å². The van der Waals surface area contributed by atoms with Gasteiger partial charge < -0.3 is 4.74 Å². The molecule has 2 saturated heterocycles. The van der Waals surface area contributed by atoms with Crippen molar-refractivity contribution in [1.82, 2.24) is 0 Å². The van der Waals surface area contributed by atoms with Crippen molar-refractivity contribution in [1.29, 1.82) is 0 Å². The Balaban J connectivity index is 1.80. The van der Waals surface area contributed by atoms with Gasteiger partial charge in [-0.05, 0) is 32.4 Å². The highest BCUT2D eigenvalue weighted by molar-refractivity contribution is 6.23. The number of rotatable bonds is 1. The van der Waals surface area contributed by atoms with Crippen molar-refractivity contribution in [2.24, 2.45) is 11.8 Å². The molecule has 4 heteroatoms. The lowest BCUT2D eigenvalue weighted by Crippen LogP contribution is -2.38. The lowest BCUT2D eigenvalue weighted by molar-refractivity contribution is -0.126. The van der Waals surface area contributed by atoms with Crippen LogP contribution in [0, 0.1) is 25.7 Å². The Hall–Kier alpha value is -1.94. The molecule has 0 N–H and O–H groups in total. The predicted molar refractivity (Wildman–Crippen MR) is 77.8 cm³/mol. The van der Waals surface area contributed by atoms with Crippen LogP contribution in [0.1, 0.15) is 18.1 Å². The van der Waals surface area contributed by atoms with E-state index in [0.717, 1.165) is 11.1 Å². The SMILES string of the molecule is Cc1ccc(N2C(=O)[C@@H]3[C@@H](C2=O)[C@@]2(C)C=C[C@H]3O2)c(C)c1. The zero-order valence-electron chi connectivity index (χ0n) is 12.3. The van der Waals surface area contributed by atoms with Crippen LogP contribution in [-0.2, 0) is 14.3 Å². The largest absolute Gasteiger partial charge is 0.362 e. The van der Waals surface area contributed by atoms with E-state index < -0.39 is 5.60 Å². The summed E-state index contributed by atoms with van der Waals surface area (Å²) in [4.78, 5) is 26.9. The minimum Gasteiger partial charge on any atom is -0.362 e. The number of aryl methyl sites for hydroxylation is 2. The second-order valence-electron chi connectivity index (χ2n) is 6.43.